The number of ether oxygens (including phenoxy) is 1. The Bertz CT molecular complexity index is 395. The topological polar surface area (TPSA) is 42.3 Å². The standard InChI is InChI=1S/C12H20N4O/c1-2-12-14-10-9-13-4-3-11(10)16(12)15-5-7-17-8-6-15/h13H,2-9H2,1H3. The molecule has 1 aromatic heterocycles. The number of nitrogens with one attached hydrogen (secondary N) is 1. The monoisotopic (exact) mass is 236 g/mol. The summed E-state index contributed by atoms with van der Waals surface area (Å²) < 4.78 is 7.79. The molecule has 0 aliphatic carbocycles. The van der Waals surface area contributed by atoms with Crippen LogP contribution < -0.4 is 10.3 Å². The van der Waals surface area contributed by atoms with Gasteiger partial charge in [-0.3, -0.25) is 0 Å². The predicted octanol–water partition coefficient (Wildman–Crippen LogP) is 0.0594. The van der Waals surface area contributed by atoms with Crippen molar-refractivity contribution < 1.29 is 4.74 Å². The summed E-state index contributed by atoms with van der Waals surface area (Å²) in [6.07, 6.45) is 2.07. The highest BCUT2D eigenvalue weighted by Crippen LogP contribution is 2.17. The van der Waals surface area contributed by atoms with Gasteiger partial charge >= 0.3 is 0 Å². The minimum absolute atomic E-state index is 0.828. The number of imidazole rings is 1. The Morgan fingerprint density at radius 3 is 2.94 bits per heavy atom. The van der Waals surface area contributed by atoms with Gasteiger partial charge in [0, 0.05) is 25.9 Å². The van der Waals surface area contributed by atoms with Gasteiger partial charge in [0.15, 0.2) is 0 Å². The van der Waals surface area contributed by atoms with Gasteiger partial charge in [-0.15, -0.1) is 0 Å². The van der Waals surface area contributed by atoms with Crippen LogP contribution in [-0.2, 0) is 24.1 Å². The van der Waals surface area contributed by atoms with Crippen molar-refractivity contribution in [2.75, 3.05) is 37.9 Å². The molecule has 0 aromatic carbocycles. The van der Waals surface area contributed by atoms with E-state index in [-0.39, 0.29) is 0 Å². The van der Waals surface area contributed by atoms with E-state index in [0.29, 0.717) is 0 Å². The highest BCUT2D eigenvalue weighted by Gasteiger charge is 2.23. The lowest BCUT2D eigenvalue weighted by atomic mass is 10.2. The number of rotatable bonds is 2. The van der Waals surface area contributed by atoms with E-state index in [1.807, 2.05) is 0 Å². The molecule has 0 atom stereocenters. The average Bonchev–Trinajstić information content (AvgIpc) is 2.78. The van der Waals surface area contributed by atoms with Crippen LogP contribution in [0.25, 0.3) is 0 Å². The van der Waals surface area contributed by atoms with Gasteiger partial charge in [0.25, 0.3) is 0 Å². The number of aryl methyl sites for hydroxylation is 1. The van der Waals surface area contributed by atoms with Crippen LogP contribution in [0.4, 0.5) is 0 Å². The first-order valence-corrected chi connectivity index (χ1v) is 6.53. The van der Waals surface area contributed by atoms with Crippen molar-refractivity contribution in [1.29, 1.82) is 0 Å². The molecule has 1 fully saturated rings. The second kappa shape index (κ2) is 4.66. The van der Waals surface area contributed by atoms with Crippen molar-refractivity contribution in [1.82, 2.24) is 15.0 Å². The maximum Gasteiger partial charge on any atom is 0.127 e. The van der Waals surface area contributed by atoms with Crippen molar-refractivity contribution >= 4 is 0 Å². The second-order valence-corrected chi connectivity index (χ2v) is 4.58. The molecular formula is C12H20N4O. The summed E-state index contributed by atoms with van der Waals surface area (Å²) >= 11 is 0. The molecule has 17 heavy (non-hydrogen) atoms. The molecule has 0 amide bonds. The van der Waals surface area contributed by atoms with Crippen LogP contribution in [0, 0.1) is 0 Å². The van der Waals surface area contributed by atoms with E-state index >= 15 is 0 Å². The number of hydrogen-bond acceptors (Lipinski definition) is 4. The third-order valence-corrected chi connectivity index (χ3v) is 3.51. The number of hydrogen-bond donors (Lipinski definition) is 1. The van der Waals surface area contributed by atoms with E-state index in [2.05, 4.69) is 21.9 Å². The molecule has 1 N–H and O–H groups in total. The fourth-order valence-electron chi connectivity index (χ4n) is 2.67. The zero-order chi connectivity index (χ0) is 11.7. The number of fused-ring (bicyclic) bond motifs is 1. The molecule has 3 rings (SSSR count). The minimum Gasteiger partial charge on any atom is -0.378 e. The van der Waals surface area contributed by atoms with Gasteiger partial charge in [-0.1, -0.05) is 6.92 Å². The third kappa shape index (κ3) is 1.93. The fraction of sp³-hybridized carbons (Fsp3) is 0.750. The summed E-state index contributed by atoms with van der Waals surface area (Å²) in [5.41, 5.74) is 2.64. The smallest absolute Gasteiger partial charge is 0.127 e. The van der Waals surface area contributed by atoms with Gasteiger partial charge in [-0.25, -0.2) is 9.66 Å². The van der Waals surface area contributed by atoms with Crippen molar-refractivity contribution in [3.8, 4) is 0 Å². The summed E-state index contributed by atoms with van der Waals surface area (Å²) in [6.45, 7) is 7.76. The molecule has 1 saturated heterocycles. The molecule has 2 aliphatic heterocycles. The first-order valence-electron chi connectivity index (χ1n) is 6.53. The molecule has 2 aliphatic rings. The molecule has 0 saturated carbocycles. The van der Waals surface area contributed by atoms with Gasteiger partial charge in [-0.2, -0.15) is 0 Å². The summed E-state index contributed by atoms with van der Waals surface area (Å²) in [7, 11) is 0. The van der Waals surface area contributed by atoms with E-state index in [4.69, 9.17) is 9.72 Å². The Morgan fingerprint density at radius 1 is 1.35 bits per heavy atom. The Kier molecular flexibility index (Phi) is 3.03. The van der Waals surface area contributed by atoms with Crippen molar-refractivity contribution in [3.63, 3.8) is 0 Å². The highest BCUT2D eigenvalue weighted by atomic mass is 16.5. The zero-order valence-corrected chi connectivity index (χ0v) is 10.4. The Balaban J connectivity index is 1.97. The first-order chi connectivity index (χ1) is 8.40. The van der Waals surface area contributed by atoms with E-state index < -0.39 is 0 Å². The summed E-state index contributed by atoms with van der Waals surface area (Å²) in [5.74, 6) is 1.20. The van der Waals surface area contributed by atoms with Crippen molar-refractivity contribution in [3.05, 3.63) is 17.2 Å². The van der Waals surface area contributed by atoms with E-state index in [9.17, 15) is 0 Å². The largest absolute Gasteiger partial charge is 0.378 e. The zero-order valence-electron chi connectivity index (χ0n) is 10.4. The number of nitrogens with zero attached hydrogens (tertiary/aromatic N) is 3. The van der Waals surface area contributed by atoms with Crippen molar-refractivity contribution in [2.24, 2.45) is 0 Å². The van der Waals surface area contributed by atoms with Gasteiger partial charge < -0.3 is 15.1 Å². The number of aromatic nitrogens is 2. The van der Waals surface area contributed by atoms with Gasteiger partial charge in [0.1, 0.15) is 5.82 Å². The molecule has 1 aromatic rings. The molecular weight excluding hydrogens is 216 g/mol. The fourth-order valence-corrected chi connectivity index (χ4v) is 2.67. The molecule has 94 valence electrons. The maximum absolute atomic E-state index is 5.43. The molecule has 3 heterocycles. The molecule has 0 unspecified atom stereocenters. The Morgan fingerprint density at radius 2 is 2.18 bits per heavy atom. The van der Waals surface area contributed by atoms with Crippen molar-refractivity contribution in [2.45, 2.75) is 26.3 Å². The van der Waals surface area contributed by atoms with Gasteiger partial charge in [0.2, 0.25) is 0 Å². The minimum atomic E-state index is 0.828. The normalized spacial score (nSPS) is 20.4. The lowest BCUT2D eigenvalue weighted by Crippen LogP contribution is -2.46. The van der Waals surface area contributed by atoms with Crippen LogP contribution in [0.15, 0.2) is 0 Å². The first kappa shape index (κ1) is 11.0. The Hall–Kier alpha value is -1.07. The van der Waals surface area contributed by atoms with Crippen LogP contribution in [0.1, 0.15) is 24.1 Å². The summed E-state index contributed by atoms with van der Waals surface area (Å²) in [4.78, 5) is 4.76. The molecule has 0 radical (unpaired) electrons. The van der Waals surface area contributed by atoms with E-state index in [1.165, 1.54) is 17.2 Å². The Labute approximate surface area is 102 Å². The van der Waals surface area contributed by atoms with Gasteiger partial charge in [-0.05, 0) is 0 Å². The molecule has 5 heteroatoms. The van der Waals surface area contributed by atoms with E-state index in [1.54, 1.807) is 0 Å². The maximum atomic E-state index is 5.43. The summed E-state index contributed by atoms with van der Waals surface area (Å²) in [5, 5.41) is 5.78. The highest BCUT2D eigenvalue weighted by molar-refractivity contribution is 5.23. The lowest BCUT2D eigenvalue weighted by Gasteiger charge is -2.32. The van der Waals surface area contributed by atoms with Crippen LogP contribution in [-0.4, -0.2) is 42.5 Å². The third-order valence-electron chi connectivity index (χ3n) is 3.51. The van der Waals surface area contributed by atoms with E-state index in [0.717, 1.165) is 52.2 Å². The molecule has 0 spiro atoms. The van der Waals surface area contributed by atoms with Crippen LogP contribution >= 0.6 is 0 Å². The second-order valence-electron chi connectivity index (χ2n) is 4.58. The van der Waals surface area contributed by atoms with Crippen LogP contribution in [0.5, 0.6) is 0 Å². The van der Waals surface area contributed by atoms with Crippen LogP contribution in [0.2, 0.25) is 0 Å². The summed E-state index contributed by atoms with van der Waals surface area (Å²) in [6, 6.07) is 0. The van der Waals surface area contributed by atoms with Crippen LogP contribution in [0.3, 0.4) is 0 Å². The van der Waals surface area contributed by atoms with Gasteiger partial charge in [0.05, 0.1) is 37.7 Å². The average molecular weight is 236 g/mol. The molecule has 5 nitrogen and oxygen atoms in total. The predicted molar refractivity (Wildman–Crippen MR) is 65.8 cm³/mol. The number of morpholine rings is 1. The lowest BCUT2D eigenvalue weighted by molar-refractivity contribution is 0.110. The quantitative estimate of drug-likeness (QED) is 0.788. The molecule has 0 bridgehead atoms. The SMILES string of the molecule is CCc1nc2c(n1N1CCOCC1)CCNC2.